The van der Waals surface area contributed by atoms with E-state index in [1.54, 1.807) is 12.4 Å². The van der Waals surface area contributed by atoms with Crippen molar-refractivity contribution < 1.29 is 17.9 Å². The molecule has 11 heteroatoms. The van der Waals surface area contributed by atoms with Crippen LogP contribution in [0.5, 0.6) is 5.88 Å². The van der Waals surface area contributed by atoms with Crippen LogP contribution >= 0.6 is 0 Å². The molecular formula is C20H24N6O4S. The lowest BCUT2D eigenvalue weighted by atomic mass is 10.0. The first-order valence-corrected chi connectivity index (χ1v) is 11.5. The van der Waals surface area contributed by atoms with Gasteiger partial charge < -0.3 is 14.4 Å². The summed E-state index contributed by atoms with van der Waals surface area (Å²) in [7, 11) is 1.97. The quantitative estimate of drug-likeness (QED) is 0.578. The molecule has 4 heterocycles. The number of ether oxygens (including phenoxy) is 2. The highest BCUT2D eigenvalue weighted by Gasteiger charge is 2.31. The van der Waals surface area contributed by atoms with Crippen molar-refractivity contribution in [1.29, 1.82) is 0 Å². The van der Waals surface area contributed by atoms with Gasteiger partial charge in [0.1, 0.15) is 11.9 Å². The Kier molecular flexibility index (Phi) is 5.73. The number of methoxy groups -OCH3 is 1. The summed E-state index contributed by atoms with van der Waals surface area (Å²) in [5.74, 6) is 1.08. The van der Waals surface area contributed by atoms with E-state index in [0.717, 1.165) is 11.4 Å². The van der Waals surface area contributed by atoms with Crippen molar-refractivity contribution in [3.63, 3.8) is 0 Å². The molecule has 0 saturated carbocycles. The number of sulfonamides is 1. The van der Waals surface area contributed by atoms with E-state index >= 15 is 0 Å². The van der Waals surface area contributed by atoms with Crippen LogP contribution in [0.1, 0.15) is 11.8 Å². The van der Waals surface area contributed by atoms with Crippen LogP contribution in [0.25, 0.3) is 22.3 Å². The molecule has 1 unspecified atom stereocenters. The van der Waals surface area contributed by atoms with Gasteiger partial charge >= 0.3 is 0 Å². The molecule has 1 saturated heterocycles. The minimum Gasteiger partial charge on any atom is -0.479 e. The van der Waals surface area contributed by atoms with Gasteiger partial charge in [0.15, 0.2) is 5.52 Å². The average Bonchev–Trinajstić information content (AvgIpc) is 2.77. The zero-order valence-corrected chi connectivity index (χ0v) is 18.6. The van der Waals surface area contributed by atoms with E-state index in [1.807, 2.05) is 37.2 Å². The Morgan fingerprint density at radius 1 is 1.19 bits per heavy atom. The van der Waals surface area contributed by atoms with Gasteiger partial charge in [-0.3, -0.25) is 4.98 Å². The highest BCUT2D eigenvalue weighted by atomic mass is 32.2. The molecule has 4 rings (SSSR count). The summed E-state index contributed by atoms with van der Waals surface area (Å²) in [5.41, 5.74) is 3.12. The molecule has 3 aromatic rings. The second kappa shape index (κ2) is 8.33. The van der Waals surface area contributed by atoms with Crippen LogP contribution in [0.2, 0.25) is 0 Å². The van der Waals surface area contributed by atoms with Crippen molar-refractivity contribution in [1.82, 2.24) is 24.2 Å². The highest BCUT2D eigenvalue weighted by molar-refractivity contribution is 7.88. The molecule has 1 atom stereocenters. The maximum atomic E-state index is 12.1. The van der Waals surface area contributed by atoms with Gasteiger partial charge in [0.2, 0.25) is 15.9 Å². The molecule has 0 aromatic carbocycles. The van der Waals surface area contributed by atoms with E-state index in [1.165, 1.54) is 17.7 Å². The number of rotatable bonds is 5. The monoisotopic (exact) mass is 444 g/mol. The lowest BCUT2D eigenvalue weighted by Gasteiger charge is -2.32. The standard InChI is InChI=1S/C20H24N6O4S/c1-25(2)17-6-5-13(14-11-15-19(20(23-14)29-3)22-8-7-21-15)18(24-17)16-12-26(9-10-30-16)31(4,27)28/h5-8,11,16H,9-10,12H2,1-4H3. The van der Waals surface area contributed by atoms with Crippen molar-refractivity contribution in [3.8, 4) is 17.1 Å². The molecule has 0 bridgehead atoms. The summed E-state index contributed by atoms with van der Waals surface area (Å²) in [6, 6.07) is 5.60. The zero-order chi connectivity index (χ0) is 22.2. The zero-order valence-electron chi connectivity index (χ0n) is 17.8. The predicted octanol–water partition coefficient (Wildman–Crippen LogP) is 1.49. The minimum atomic E-state index is -3.35. The van der Waals surface area contributed by atoms with E-state index in [9.17, 15) is 8.42 Å². The smallest absolute Gasteiger partial charge is 0.242 e. The molecule has 0 N–H and O–H groups in total. The Hall–Kier alpha value is -2.89. The molecule has 0 spiro atoms. The number of pyridine rings is 2. The van der Waals surface area contributed by atoms with Crippen molar-refractivity contribution in [2.45, 2.75) is 6.10 Å². The van der Waals surface area contributed by atoms with Gasteiger partial charge in [0.05, 0.1) is 36.9 Å². The Labute approximate surface area is 180 Å². The van der Waals surface area contributed by atoms with Crippen LogP contribution in [0.15, 0.2) is 30.6 Å². The van der Waals surface area contributed by atoms with Crippen LogP contribution in [-0.2, 0) is 14.8 Å². The fraction of sp³-hybridized carbons (Fsp3) is 0.400. The largest absolute Gasteiger partial charge is 0.479 e. The van der Waals surface area contributed by atoms with Gasteiger partial charge in [-0.05, 0) is 18.2 Å². The second-order valence-corrected chi connectivity index (χ2v) is 9.40. The van der Waals surface area contributed by atoms with Crippen molar-refractivity contribution in [3.05, 3.63) is 36.3 Å². The summed E-state index contributed by atoms with van der Waals surface area (Å²) in [5, 5.41) is 0. The number of hydrogen-bond acceptors (Lipinski definition) is 9. The Morgan fingerprint density at radius 2 is 1.97 bits per heavy atom. The fourth-order valence-corrected chi connectivity index (χ4v) is 4.30. The number of fused-ring (bicyclic) bond motifs is 1. The maximum absolute atomic E-state index is 12.1. The topological polar surface area (TPSA) is 111 Å². The molecule has 164 valence electrons. The first kappa shape index (κ1) is 21.3. The average molecular weight is 445 g/mol. The summed E-state index contributed by atoms with van der Waals surface area (Å²) < 4.78 is 37.0. The molecule has 0 radical (unpaired) electrons. The van der Waals surface area contributed by atoms with Gasteiger partial charge in [-0.2, -0.15) is 4.31 Å². The number of aromatic nitrogens is 4. The van der Waals surface area contributed by atoms with Crippen LogP contribution in [0.4, 0.5) is 5.82 Å². The summed E-state index contributed by atoms with van der Waals surface area (Å²) >= 11 is 0. The molecule has 1 aliphatic rings. The van der Waals surface area contributed by atoms with E-state index in [0.29, 0.717) is 34.8 Å². The number of hydrogen-bond donors (Lipinski definition) is 0. The van der Waals surface area contributed by atoms with Crippen molar-refractivity contribution in [2.75, 3.05) is 52.1 Å². The molecule has 31 heavy (non-hydrogen) atoms. The van der Waals surface area contributed by atoms with Gasteiger partial charge in [-0.25, -0.2) is 23.4 Å². The Morgan fingerprint density at radius 3 is 2.68 bits per heavy atom. The summed E-state index contributed by atoms with van der Waals surface area (Å²) in [6.07, 6.45) is 3.85. The van der Waals surface area contributed by atoms with E-state index in [2.05, 4.69) is 15.0 Å². The highest BCUT2D eigenvalue weighted by Crippen LogP contribution is 2.34. The Bertz CT molecular complexity index is 1220. The molecular weight excluding hydrogens is 420 g/mol. The van der Waals surface area contributed by atoms with Crippen LogP contribution < -0.4 is 9.64 Å². The van der Waals surface area contributed by atoms with Gasteiger partial charge in [0.25, 0.3) is 0 Å². The van der Waals surface area contributed by atoms with E-state index in [4.69, 9.17) is 14.5 Å². The first-order chi connectivity index (χ1) is 14.8. The fourth-order valence-electron chi connectivity index (χ4n) is 3.49. The molecule has 0 amide bonds. The van der Waals surface area contributed by atoms with E-state index in [-0.39, 0.29) is 13.2 Å². The predicted molar refractivity (Wildman–Crippen MR) is 117 cm³/mol. The SMILES string of the molecule is COc1nc(-c2ccc(N(C)C)nc2C2CN(S(C)(=O)=O)CCO2)cc2nccnc12. The molecule has 1 fully saturated rings. The third-order valence-electron chi connectivity index (χ3n) is 5.07. The number of nitrogens with zero attached hydrogens (tertiary/aromatic N) is 6. The maximum Gasteiger partial charge on any atom is 0.242 e. The molecule has 1 aliphatic heterocycles. The molecule has 0 aliphatic carbocycles. The van der Waals surface area contributed by atoms with E-state index < -0.39 is 16.1 Å². The first-order valence-electron chi connectivity index (χ1n) is 9.69. The van der Waals surface area contributed by atoms with Gasteiger partial charge in [0, 0.05) is 45.1 Å². The lowest BCUT2D eigenvalue weighted by Crippen LogP contribution is -2.42. The third-order valence-corrected chi connectivity index (χ3v) is 6.33. The summed E-state index contributed by atoms with van der Waals surface area (Å²) in [4.78, 5) is 20.0. The van der Waals surface area contributed by atoms with Crippen molar-refractivity contribution in [2.24, 2.45) is 0 Å². The normalized spacial score (nSPS) is 17.6. The number of anilines is 1. The summed E-state index contributed by atoms with van der Waals surface area (Å²) in [6.45, 7) is 0.779. The molecule has 10 nitrogen and oxygen atoms in total. The van der Waals surface area contributed by atoms with Gasteiger partial charge in [-0.1, -0.05) is 0 Å². The van der Waals surface area contributed by atoms with Crippen LogP contribution in [0, 0.1) is 0 Å². The van der Waals surface area contributed by atoms with Crippen LogP contribution in [-0.4, -0.2) is 79.8 Å². The lowest BCUT2D eigenvalue weighted by molar-refractivity contribution is -0.00434. The Balaban J connectivity index is 1.86. The minimum absolute atomic E-state index is 0.181. The second-order valence-electron chi connectivity index (χ2n) is 7.42. The van der Waals surface area contributed by atoms with Crippen molar-refractivity contribution >= 4 is 26.9 Å². The third kappa shape index (κ3) is 4.29. The molecule has 3 aromatic heterocycles. The van der Waals surface area contributed by atoms with Gasteiger partial charge in [-0.15, -0.1) is 0 Å². The van der Waals surface area contributed by atoms with Crippen LogP contribution in [0.3, 0.4) is 0 Å². The number of morpholine rings is 1.